The Morgan fingerprint density at radius 2 is 1.92 bits per heavy atom. The van der Waals surface area contributed by atoms with E-state index in [4.69, 9.17) is 9.73 Å². The van der Waals surface area contributed by atoms with Crippen molar-refractivity contribution in [1.29, 1.82) is 0 Å². The summed E-state index contributed by atoms with van der Waals surface area (Å²) in [6.07, 6.45) is 2.54. The first-order valence-electron chi connectivity index (χ1n) is 8.86. The largest absolute Gasteiger partial charge is 0.376 e. The van der Waals surface area contributed by atoms with Gasteiger partial charge in [0.15, 0.2) is 4.80 Å². The van der Waals surface area contributed by atoms with E-state index < -0.39 is 0 Å². The average Bonchev–Trinajstić information content (AvgIpc) is 3.29. The van der Waals surface area contributed by atoms with Crippen molar-refractivity contribution in [3.63, 3.8) is 0 Å². The Morgan fingerprint density at radius 3 is 2.62 bits per heavy atom. The molecule has 0 radical (unpaired) electrons. The lowest BCUT2D eigenvalue weighted by molar-refractivity contribution is 0.0968. The van der Waals surface area contributed by atoms with Crippen molar-refractivity contribution in [3.8, 4) is 11.3 Å². The van der Waals surface area contributed by atoms with E-state index in [-0.39, 0.29) is 6.10 Å². The molecule has 2 aromatic carbocycles. The summed E-state index contributed by atoms with van der Waals surface area (Å²) in [7, 11) is 0. The molecule has 1 saturated heterocycles. The third-order valence-electron chi connectivity index (χ3n) is 4.61. The van der Waals surface area contributed by atoms with Gasteiger partial charge in [0.25, 0.3) is 0 Å². The fraction of sp³-hybridized carbons (Fsp3) is 0.286. The van der Waals surface area contributed by atoms with Gasteiger partial charge < -0.3 is 9.30 Å². The molecule has 1 aliphatic heterocycles. The summed E-state index contributed by atoms with van der Waals surface area (Å²) in [4.78, 5) is 5.92. The van der Waals surface area contributed by atoms with Crippen LogP contribution < -0.4 is 4.80 Å². The Kier molecular flexibility index (Phi) is 5.38. The summed E-state index contributed by atoms with van der Waals surface area (Å²) in [6, 6.07) is 16.8. The zero-order valence-corrected chi connectivity index (χ0v) is 17.1. The molecule has 3 aromatic rings. The minimum atomic E-state index is 0.274. The van der Waals surface area contributed by atoms with Gasteiger partial charge in [-0.1, -0.05) is 45.8 Å². The fourth-order valence-corrected chi connectivity index (χ4v) is 4.37. The number of aromatic nitrogens is 1. The van der Waals surface area contributed by atoms with E-state index in [1.165, 1.54) is 16.8 Å². The number of hydrogen-bond acceptors (Lipinski definition) is 3. The molecule has 4 rings (SSSR count). The van der Waals surface area contributed by atoms with Crippen molar-refractivity contribution < 1.29 is 4.74 Å². The number of aryl methyl sites for hydroxylation is 1. The molecule has 1 fully saturated rings. The zero-order valence-electron chi connectivity index (χ0n) is 14.7. The van der Waals surface area contributed by atoms with Gasteiger partial charge in [0.05, 0.1) is 24.0 Å². The molecule has 1 aliphatic rings. The van der Waals surface area contributed by atoms with Crippen LogP contribution in [-0.2, 0) is 11.3 Å². The highest BCUT2D eigenvalue weighted by Gasteiger charge is 2.19. The molecule has 1 aromatic heterocycles. The molecular formula is C21H21BrN2OS. The summed E-state index contributed by atoms with van der Waals surface area (Å²) in [5.74, 6) is 0. The van der Waals surface area contributed by atoms with Crippen LogP contribution >= 0.6 is 27.3 Å². The molecule has 0 amide bonds. The van der Waals surface area contributed by atoms with Crippen LogP contribution in [0.5, 0.6) is 0 Å². The van der Waals surface area contributed by atoms with Gasteiger partial charge in [0, 0.05) is 16.5 Å². The van der Waals surface area contributed by atoms with E-state index in [0.29, 0.717) is 0 Å². The second-order valence-electron chi connectivity index (χ2n) is 6.60. The van der Waals surface area contributed by atoms with Crippen LogP contribution in [0.15, 0.2) is 63.4 Å². The molecule has 5 heteroatoms. The maximum absolute atomic E-state index is 5.89. The molecule has 0 N–H and O–H groups in total. The summed E-state index contributed by atoms with van der Waals surface area (Å²) < 4.78 is 9.29. The molecule has 26 heavy (non-hydrogen) atoms. The average molecular weight is 429 g/mol. The zero-order chi connectivity index (χ0) is 17.9. The Balaban J connectivity index is 1.77. The topological polar surface area (TPSA) is 26.5 Å². The van der Waals surface area contributed by atoms with Crippen LogP contribution in [0.1, 0.15) is 18.4 Å². The van der Waals surface area contributed by atoms with E-state index in [2.05, 4.69) is 81.3 Å². The van der Waals surface area contributed by atoms with Gasteiger partial charge in [0.1, 0.15) is 0 Å². The monoisotopic (exact) mass is 428 g/mol. The van der Waals surface area contributed by atoms with Gasteiger partial charge in [-0.2, -0.15) is 0 Å². The second kappa shape index (κ2) is 7.91. The quantitative estimate of drug-likeness (QED) is 0.523. The van der Waals surface area contributed by atoms with Crippen LogP contribution in [0, 0.1) is 6.92 Å². The predicted octanol–water partition coefficient (Wildman–Crippen LogP) is 5.70. The van der Waals surface area contributed by atoms with Crippen LogP contribution in [-0.4, -0.2) is 17.3 Å². The Morgan fingerprint density at radius 1 is 1.15 bits per heavy atom. The van der Waals surface area contributed by atoms with E-state index in [1.54, 1.807) is 11.3 Å². The maximum atomic E-state index is 5.89. The first kappa shape index (κ1) is 17.7. The number of halogens is 1. The highest BCUT2D eigenvalue weighted by atomic mass is 79.9. The van der Waals surface area contributed by atoms with E-state index in [1.807, 2.05) is 0 Å². The molecule has 3 nitrogen and oxygen atoms in total. The van der Waals surface area contributed by atoms with Gasteiger partial charge in [-0.25, -0.2) is 4.99 Å². The van der Waals surface area contributed by atoms with Gasteiger partial charge in [-0.15, -0.1) is 11.3 Å². The number of benzene rings is 2. The predicted molar refractivity (Wildman–Crippen MR) is 111 cm³/mol. The van der Waals surface area contributed by atoms with Crippen molar-refractivity contribution >= 4 is 33.0 Å². The molecular weight excluding hydrogens is 408 g/mol. The second-order valence-corrected chi connectivity index (χ2v) is 8.36. The number of thiazole rings is 1. The Bertz CT molecular complexity index is 935. The van der Waals surface area contributed by atoms with Gasteiger partial charge >= 0.3 is 0 Å². The lowest BCUT2D eigenvalue weighted by Crippen LogP contribution is -2.24. The Hall–Kier alpha value is -1.69. The minimum Gasteiger partial charge on any atom is -0.376 e. The van der Waals surface area contributed by atoms with Crippen LogP contribution in [0.25, 0.3) is 11.3 Å². The van der Waals surface area contributed by atoms with Crippen molar-refractivity contribution in [2.24, 2.45) is 4.99 Å². The molecule has 1 unspecified atom stereocenters. The number of rotatable bonds is 4. The normalized spacial score (nSPS) is 17.8. The first-order valence-corrected chi connectivity index (χ1v) is 10.5. The number of nitrogens with zero attached hydrogens (tertiary/aromatic N) is 2. The number of ether oxygens (including phenoxy) is 1. The number of hydrogen-bond donors (Lipinski definition) is 0. The highest BCUT2D eigenvalue weighted by molar-refractivity contribution is 9.10. The molecule has 0 saturated carbocycles. The Labute approximate surface area is 166 Å². The maximum Gasteiger partial charge on any atom is 0.190 e. The van der Waals surface area contributed by atoms with Crippen LogP contribution in [0.4, 0.5) is 5.69 Å². The SMILES string of the molecule is Cc1ccc(N=c2scc(-c3ccc(Br)cc3)n2CC2CCCO2)cc1. The van der Waals surface area contributed by atoms with Gasteiger partial charge in [0.2, 0.25) is 0 Å². The fourth-order valence-electron chi connectivity index (χ4n) is 3.17. The highest BCUT2D eigenvalue weighted by Crippen LogP contribution is 2.25. The first-order chi connectivity index (χ1) is 12.7. The molecule has 0 spiro atoms. The smallest absolute Gasteiger partial charge is 0.190 e. The van der Waals surface area contributed by atoms with Gasteiger partial charge in [-0.05, 0) is 49.6 Å². The van der Waals surface area contributed by atoms with E-state index in [9.17, 15) is 0 Å². The van der Waals surface area contributed by atoms with Crippen LogP contribution in [0.3, 0.4) is 0 Å². The van der Waals surface area contributed by atoms with Gasteiger partial charge in [-0.3, -0.25) is 0 Å². The summed E-state index contributed by atoms with van der Waals surface area (Å²) >= 11 is 5.21. The third-order valence-corrected chi connectivity index (χ3v) is 6.00. The lowest BCUT2D eigenvalue weighted by Gasteiger charge is -2.14. The standard InChI is InChI=1S/C21H21BrN2OS/c1-15-4-10-18(11-5-15)23-21-24(13-19-3-2-12-25-19)20(14-26-21)16-6-8-17(22)9-7-16/h4-11,14,19H,2-3,12-13H2,1H3. The van der Waals surface area contributed by atoms with Crippen molar-refractivity contribution in [3.05, 3.63) is 68.7 Å². The summed E-state index contributed by atoms with van der Waals surface area (Å²) in [5.41, 5.74) is 4.63. The molecule has 1 atom stereocenters. The third kappa shape index (κ3) is 4.00. The summed E-state index contributed by atoms with van der Waals surface area (Å²) in [6.45, 7) is 3.81. The molecule has 0 bridgehead atoms. The van der Waals surface area contributed by atoms with Crippen molar-refractivity contribution in [2.75, 3.05) is 6.61 Å². The molecule has 134 valence electrons. The summed E-state index contributed by atoms with van der Waals surface area (Å²) in [5, 5.41) is 2.20. The van der Waals surface area contributed by atoms with Crippen LogP contribution in [0.2, 0.25) is 0 Å². The lowest BCUT2D eigenvalue weighted by atomic mass is 10.1. The van der Waals surface area contributed by atoms with Crippen molar-refractivity contribution in [1.82, 2.24) is 4.57 Å². The van der Waals surface area contributed by atoms with Crippen molar-refractivity contribution in [2.45, 2.75) is 32.4 Å². The molecule has 2 heterocycles. The van der Waals surface area contributed by atoms with E-state index >= 15 is 0 Å². The minimum absolute atomic E-state index is 0.274. The molecule has 0 aliphatic carbocycles. The van der Waals surface area contributed by atoms with E-state index in [0.717, 1.165) is 41.0 Å².